The van der Waals surface area contributed by atoms with Gasteiger partial charge in [0.1, 0.15) is 5.52 Å². The Kier molecular flexibility index (Phi) is 4.05. The number of hydrogen-bond acceptors (Lipinski definition) is 5. The lowest BCUT2D eigenvalue weighted by atomic mass is 10.2. The molecule has 116 valence electrons. The van der Waals surface area contributed by atoms with Crippen molar-refractivity contribution in [1.82, 2.24) is 4.98 Å². The van der Waals surface area contributed by atoms with E-state index in [0.29, 0.717) is 28.2 Å². The van der Waals surface area contributed by atoms with Gasteiger partial charge in [-0.25, -0.2) is 9.78 Å². The number of rotatable bonds is 4. The number of fused-ring (bicyclic) bond motifs is 1. The third kappa shape index (κ3) is 3.55. The highest BCUT2D eigenvalue weighted by Gasteiger charge is 2.11. The largest absolute Gasteiger partial charge is 0.452 e. The standard InChI is InChI=1S/C17H14N2O4/c1-11(20)18-13-6-4-5-12(9-13)17(21)22-10-16-19-14-7-2-3-8-15(14)23-16/h2-9H,10H2,1H3,(H,18,20). The van der Waals surface area contributed by atoms with E-state index in [2.05, 4.69) is 10.3 Å². The van der Waals surface area contributed by atoms with Gasteiger partial charge in [-0.1, -0.05) is 18.2 Å². The number of nitrogens with zero attached hydrogens (tertiary/aromatic N) is 1. The first kappa shape index (κ1) is 14.8. The van der Waals surface area contributed by atoms with Gasteiger partial charge < -0.3 is 14.5 Å². The highest BCUT2D eigenvalue weighted by Crippen LogP contribution is 2.16. The summed E-state index contributed by atoms with van der Waals surface area (Å²) in [5.41, 5.74) is 2.23. The molecule has 3 aromatic rings. The lowest BCUT2D eigenvalue weighted by Crippen LogP contribution is -2.09. The van der Waals surface area contributed by atoms with Gasteiger partial charge in [-0.3, -0.25) is 4.79 Å². The smallest absolute Gasteiger partial charge is 0.338 e. The maximum Gasteiger partial charge on any atom is 0.338 e. The van der Waals surface area contributed by atoms with Crippen molar-refractivity contribution >= 4 is 28.7 Å². The van der Waals surface area contributed by atoms with Crippen molar-refractivity contribution in [2.75, 3.05) is 5.32 Å². The summed E-state index contributed by atoms with van der Waals surface area (Å²) in [7, 11) is 0. The third-order valence-electron chi connectivity index (χ3n) is 3.08. The predicted molar refractivity (Wildman–Crippen MR) is 83.9 cm³/mol. The van der Waals surface area contributed by atoms with Gasteiger partial charge in [0.15, 0.2) is 12.2 Å². The number of oxazole rings is 1. The summed E-state index contributed by atoms with van der Waals surface area (Å²) in [6.07, 6.45) is 0. The second-order valence-electron chi connectivity index (χ2n) is 4.91. The number of amides is 1. The molecule has 0 fully saturated rings. The minimum atomic E-state index is -0.514. The highest BCUT2D eigenvalue weighted by atomic mass is 16.5. The lowest BCUT2D eigenvalue weighted by molar-refractivity contribution is -0.114. The van der Waals surface area contributed by atoms with E-state index in [1.165, 1.54) is 6.92 Å². The topological polar surface area (TPSA) is 81.4 Å². The fraction of sp³-hybridized carbons (Fsp3) is 0.118. The zero-order valence-corrected chi connectivity index (χ0v) is 12.4. The van der Waals surface area contributed by atoms with Crippen LogP contribution >= 0.6 is 0 Å². The Morgan fingerprint density at radius 2 is 2.00 bits per heavy atom. The molecule has 0 atom stereocenters. The number of hydrogen-bond donors (Lipinski definition) is 1. The number of para-hydroxylation sites is 2. The minimum Gasteiger partial charge on any atom is -0.452 e. The number of benzene rings is 2. The maximum atomic E-state index is 12.1. The Morgan fingerprint density at radius 1 is 1.17 bits per heavy atom. The fourth-order valence-corrected chi connectivity index (χ4v) is 2.12. The molecule has 0 radical (unpaired) electrons. The normalized spacial score (nSPS) is 10.5. The molecule has 0 unspecified atom stereocenters. The fourth-order valence-electron chi connectivity index (χ4n) is 2.12. The quantitative estimate of drug-likeness (QED) is 0.749. The van der Waals surface area contributed by atoms with Crippen LogP contribution in [0.2, 0.25) is 0 Å². The first-order valence-electron chi connectivity index (χ1n) is 7.01. The Hall–Kier alpha value is -3.15. The molecular weight excluding hydrogens is 296 g/mol. The van der Waals surface area contributed by atoms with Crippen LogP contribution in [0.1, 0.15) is 23.2 Å². The average Bonchev–Trinajstić information content (AvgIpc) is 2.95. The molecule has 23 heavy (non-hydrogen) atoms. The van der Waals surface area contributed by atoms with Crippen molar-refractivity contribution in [2.45, 2.75) is 13.5 Å². The van der Waals surface area contributed by atoms with Gasteiger partial charge >= 0.3 is 5.97 Å². The van der Waals surface area contributed by atoms with E-state index in [9.17, 15) is 9.59 Å². The number of carbonyl (C=O) groups excluding carboxylic acids is 2. The van der Waals surface area contributed by atoms with Crippen molar-refractivity contribution in [1.29, 1.82) is 0 Å². The number of nitrogens with one attached hydrogen (secondary N) is 1. The van der Waals surface area contributed by atoms with Crippen LogP contribution in [0.3, 0.4) is 0 Å². The van der Waals surface area contributed by atoms with Crippen LogP contribution in [0.5, 0.6) is 0 Å². The third-order valence-corrected chi connectivity index (χ3v) is 3.08. The molecule has 0 spiro atoms. The molecular formula is C17H14N2O4. The van der Waals surface area contributed by atoms with Gasteiger partial charge in [0.05, 0.1) is 5.56 Å². The molecule has 2 aromatic carbocycles. The van der Waals surface area contributed by atoms with Crippen LogP contribution in [0.25, 0.3) is 11.1 Å². The van der Waals surface area contributed by atoms with Crippen molar-refractivity contribution in [2.24, 2.45) is 0 Å². The van der Waals surface area contributed by atoms with E-state index in [-0.39, 0.29) is 12.5 Å². The number of ether oxygens (including phenoxy) is 1. The molecule has 3 rings (SSSR count). The van der Waals surface area contributed by atoms with Crippen molar-refractivity contribution in [3.8, 4) is 0 Å². The van der Waals surface area contributed by atoms with Crippen LogP contribution in [-0.2, 0) is 16.1 Å². The molecule has 6 heteroatoms. The molecule has 0 saturated carbocycles. The summed E-state index contributed by atoms with van der Waals surface area (Å²) in [6.45, 7) is 1.34. The van der Waals surface area contributed by atoms with Crippen LogP contribution in [0, 0.1) is 0 Å². The zero-order valence-electron chi connectivity index (χ0n) is 12.4. The van der Waals surface area contributed by atoms with E-state index in [1.807, 2.05) is 18.2 Å². The second kappa shape index (κ2) is 6.31. The van der Waals surface area contributed by atoms with E-state index in [1.54, 1.807) is 30.3 Å². The monoisotopic (exact) mass is 310 g/mol. The number of carbonyl (C=O) groups is 2. The molecule has 0 aliphatic rings. The second-order valence-corrected chi connectivity index (χ2v) is 4.91. The summed E-state index contributed by atoms with van der Waals surface area (Å²) in [6, 6.07) is 13.8. The summed E-state index contributed by atoms with van der Waals surface area (Å²) in [5.74, 6) is -0.390. The summed E-state index contributed by atoms with van der Waals surface area (Å²) < 4.78 is 10.7. The van der Waals surface area contributed by atoms with Gasteiger partial charge in [-0.05, 0) is 30.3 Å². The molecule has 0 bridgehead atoms. The average molecular weight is 310 g/mol. The molecule has 6 nitrogen and oxygen atoms in total. The first-order valence-corrected chi connectivity index (χ1v) is 7.01. The van der Waals surface area contributed by atoms with Gasteiger partial charge in [-0.15, -0.1) is 0 Å². The predicted octanol–water partition coefficient (Wildman–Crippen LogP) is 3.14. The molecule has 0 aliphatic carbocycles. The summed E-state index contributed by atoms with van der Waals surface area (Å²) in [4.78, 5) is 27.3. The molecule has 1 aromatic heterocycles. The summed E-state index contributed by atoms with van der Waals surface area (Å²) >= 11 is 0. The molecule has 1 amide bonds. The lowest BCUT2D eigenvalue weighted by Gasteiger charge is -2.05. The van der Waals surface area contributed by atoms with Crippen LogP contribution in [-0.4, -0.2) is 16.9 Å². The Labute approximate surface area is 132 Å². The van der Waals surface area contributed by atoms with Crippen molar-refractivity contribution < 1.29 is 18.7 Å². The molecule has 0 aliphatic heterocycles. The van der Waals surface area contributed by atoms with E-state index in [0.717, 1.165) is 0 Å². The zero-order chi connectivity index (χ0) is 16.2. The van der Waals surface area contributed by atoms with E-state index in [4.69, 9.17) is 9.15 Å². The SMILES string of the molecule is CC(=O)Nc1cccc(C(=O)OCc2nc3ccccc3o2)c1. The Balaban J connectivity index is 1.68. The van der Waals surface area contributed by atoms with Gasteiger partial charge in [0.25, 0.3) is 0 Å². The summed E-state index contributed by atoms with van der Waals surface area (Å²) in [5, 5.41) is 2.61. The van der Waals surface area contributed by atoms with E-state index >= 15 is 0 Å². The van der Waals surface area contributed by atoms with Crippen molar-refractivity contribution in [3.05, 3.63) is 60.0 Å². The van der Waals surface area contributed by atoms with Gasteiger partial charge in [0.2, 0.25) is 11.8 Å². The van der Waals surface area contributed by atoms with Gasteiger partial charge in [0, 0.05) is 12.6 Å². The first-order chi connectivity index (χ1) is 11.1. The van der Waals surface area contributed by atoms with Crippen molar-refractivity contribution in [3.63, 3.8) is 0 Å². The maximum absolute atomic E-state index is 12.1. The highest BCUT2D eigenvalue weighted by molar-refractivity contribution is 5.93. The number of aromatic nitrogens is 1. The number of esters is 1. The van der Waals surface area contributed by atoms with E-state index < -0.39 is 5.97 Å². The molecule has 0 saturated heterocycles. The Bertz CT molecular complexity index is 837. The van der Waals surface area contributed by atoms with Crippen LogP contribution in [0.4, 0.5) is 5.69 Å². The number of anilines is 1. The molecule has 1 heterocycles. The Morgan fingerprint density at radius 3 is 2.78 bits per heavy atom. The van der Waals surface area contributed by atoms with Gasteiger partial charge in [-0.2, -0.15) is 0 Å². The minimum absolute atomic E-state index is 0.0577. The molecule has 1 N–H and O–H groups in total. The van der Waals surface area contributed by atoms with Crippen LogP contribution < -0.4 is 5.32 Å². The van der Waals surface area contributed by atoms with Crippen LogP contribution in [0.15, 0.2) is 52.9 Å².